The lowest BCUT2D eigenvalue weighted by atomic mass is 10.1. The van der Waals surface area contributed by atoms with Gasteiger partial charge in [-0.15, -0.1) is 0 Å². The number of aromatic hydroxyl groups is 1. The molecule has 2 aromatic carbocycles. The molecule has 32 heavy (non-hydrogen) atoms. The third kappa shape index (κ3) is 5.66. The van der Waals surface area contributed by atoms with Crippen molar-refractivity contribution in [3.8, 4) is 17.2 Å². The number of hydrogen-bond donors (Lipinski definition) is 1. The van der Waals surface area contributed by atoms with Crippen molar-refractivity contribution in [2.75, 3.05) is 6.61 Å². The predicted molar refractivity (Wildman–Crippen MR) is 123 cm³/mol. The number of phenolic OH excluding ortho intramolecular Hbond substituents is 1. The van der Waals surface area contributed by atoms with Crippen molar-refractivity contribution in [1.82, 2.24) is 0 Å². The number of fused-ring (bicyclic) bond motifs is 1. The Morgan fingerprint density at radius 1 is 1.00 bits per heavy atom. The highest BCUT2D eigenvalue weighted by Gasteiger charge is 2.22. The summed E-state index contributed by atoms with van der Waals surface area (Å²) in [4.78, 5) is 25.3. The molecule has 0 fully saturated rings. The Bertz CT molecular complexity index is 1210. The molecule has 3 rings (SSSR count). The third-order valence-corrected chi connectivity index (χ3v) is 4.78. The Labute approximate surface area is 186 Å². The van der Waals surface area contributed by atoms with Gasteiger partial charge in [-0.2, -0.15) is 0 Å². The molecule has 1 heterocycles. The second-order valence-electron chi connectivity index (χ2n) is 7.64. The van der Waals surface area contributed by atoms with E-state index >= 15 is 0 Å². The van der Waals surface area contributed by atoms with Crippen molar-refractivity contribution in [2.24, 2.45) is 0 Å². The van der Waals surface area contributed by atoms with Gasteiger partial charge in [0.25, 0.3) is 0 Å². The molecule has 0 saturated heterocycles. The van der Waals surface area contributed by atoms with E-state index in [1.54, 1.807) is 42.5 Å². The van der Waals surface area contributed by atoms with Gasteiger partial charge in [-0.1, -0.05) is 41.5 Å². The van der Waals surface area contributed by atoms with E-state index in [1.807, 2.05) is 13.0 Å². The molecular weight excluding hydrogens is 408 g/mol. The molecule has 0 amide bonds. The van der Waals surface area contributed by atoms with Gasteiger partial charge in [0.2, 0.25) is 5.75 Å². The maximum Gasteiger partial charge on any atom is 0.383 e. The van der Waals surface area contributed by atoms with E-state index in [2.05, 4.69) is 19.9 Å². The zero-order valence-corrected chi connectivity index (χ0v) is 18.4. The fourth-order valence-electron chi connectivity index (χ4n) is 3.07. The lowest BCUT2D eigenvalue weighted by Gasteiger charge is -2.12. The van der Waals surface area contributed by atoms with Crippen molar-refractivity contribution >= 4 is 16.9 Å². The molecule has 0 bridgehead atoms. The molecule has 0 unspecified atom stereocenters. The lowest BCUT2D eigenvalue weighted by Crippen LogP contribution is -2.14. The van der Waals surface area contributed by atoms with Crippen molar-refractivity contribution in [3.05, 3.63) is 87.8 Å². The van der Waals surface area contributed by atoms with Gasteiger partial charge < -0.3 is 19.0 Å². The molecule has 1 aromatic heterocycles. The summed E-state index contributed by atoms with van der Waals surface area (Å²) < 4.78 is 16.5. The maximum absolute atomic E-state index is 12.7. The zero-order valence-electron chi connectivity index (χ0n) is 18.4. The molecular formula is C26H26O6. The predicted octanol–water partition coefficient (Wildman–Crippen LogP) is 5.79. The highest BCUT2D eigenvalue weighted by atomic mass is 16.6. The fourth-order valence-corrected chi connectivity index (χ4v) is 3.07. The van der Waals surface area contributed by atoms with E-state index in [0.29, 0.717) is 5.56 Å². The second kappa shape index (κ2) is 10.5. The first kappa shape index (κ1) is 22.9. The van der Waals surface area contributed by atoms with E-state index in [-0.39, 0.29) is 34.8 Å². The number of carbonyl (C=O) groups excluding carboxylic acids is 1. The molecule has 0 spiro atoms. The van der Waals surface area contributed by atoms with E-state index < -0.39 is 11.6 Å². The quantitative estimate of drug-likeness (QED) is 0.274. The van der Waals surface area contributed by atoms with Crippen LogP contribution < -0.4 is 15.1 Å². The molecule has 3 aromatic rings. The minimum atomic E-state index is -0.842. The number of carbonyl (C=O) groups is 1. The van der Waals surface area contributed by atoms with Crippen LogP contribution in [0.4, 0.5) is 0 Å². The van der Waals surface area contributed by atoms with E-state index in [1.165, 1.54) is 11.6 Å². The van der Waals surface area contributed by atoms with Gasteiger partial charge in [-0.25, -0.2) is 9.59 Å². The standard InChI is InChI=1S/C26H26O6/c1-17(2)9-7-10-18(3)15-16-30-24-23(32-25(28)19-11-5-4-6-12-19)20-13-8-14-21(27)22(20)31-26(24)29/h4-6,8-9,11-15,27H,7,10,16H2,1-3H3/b18-15+. The van der Waals surface area contributed by atoms with Crippen molar-refractivity contribution in [2.45, 2.75) is 33.6 Å². The molecule has 0 radical (unpaired) electrons. The number of para-hydroxylation sites is 1. The fraction of sp³-hybridized carbons (Fsp3) is 0.231. The lowest BCUT2D eigenvalue weighted by molar-refractivity contribution is 0.0730. The monoisotopic (exact) mass is 434 g/mol. The molecule has 0 saturated carbocycles. The van der Waals surface area contributed by atoms with Gasteiger partial charge in [-0.05, 0) is 64.0 Å². The molecule has 0 aliphatic rings. The number of esters is 1. The topological polar surface area (TPSA) is 86.0 Å². The van der Waals surface area contributed by atoms with Crippen molar-refractivity contribution in [3.63, 3.8) is 0 Å². The summed E-state index contributed by atoms with van der Waals surface area (Å²) in [5, 5.41) is 10.4. The number of rotatable bonds is 8. The van der Waals surface area contributed by atoms with Crippen LogP contribution in [-0.2, 0) is 0 Å². The van der Waals surface area contributed by atoms with Crippen molar-refractivity contribution in [1.29, 1.82) is 0 Å². The Balaban J connectivity index is 1.92. The number of benzene rings is 2. The summed E-state index contributed by atoms with van der Waals surface area (Å²) >= 11 is 0. The number of hydrogen-bond acceptors (Lipinski definition) is 6. The molecule has 166 valence electrons. The minimum absolute atomic E-state index is 0.0749. The second-order valence-corrected chi connectivity index (χ2v) is 7.64. The number of ether oxygens (including phenoxy) is 2. The average Bonchev–Trinajstić information content (AvgIpc) is 2.76. The summed E-state index contributed by atoms with van der Waals surface area (Å²) in [5.74, 6) is -1.20. The Morgan fingerprint density at radius 2 is 1.75 bits per heavy atom. The Kier molecular flexibility index (Phi) is 7.49. The summed E-state index contributed by atoms with van der Waals surface area (Å²) in [6, 6.07) is 12.9. The van der Waals surface area contributed by atoms with Crippen LogP contribution in [0.5, 0.6) is 17.2 Å². The van der Waals surface area contributed by atoms with Crippen LogP contribution in [0, 0.1) is 0 Å². The van der Waals surface area contributed by atoms with Crippen molar-refractivity contribution < 1.29 is 23.8 Å². The number of allylic oxidation sites excluding steroid dienone is 3. The van der Waals surface area contributed by atoms with Crippen LogP contribution in [0.3, 0.4) is 0 Å². The van der Waals surface area contributed by atoms with E-state index in [4.69, 9.17) is 13.9 Å². The summed E-state index contributed by atoms with van der Waals surface area (Å²) in [7, 11) is 0. The average molecular weight is 434 g/mol. The van der Waals surface area contributed by atoms with Gasteiger partial charge in [0.15, 0.2) is 17.1 Å². The van der Waals surface area contributed by atoms with Crippen LogP contribution in [0.25, 0.3) is 11.0 Å². The Hall–Kier alpha value is -3.80. The third-order valence-electron chi connectivity index (χ3n) is 4.78. The molecule has 0 atom stereocenters. The van der Waals surface area contributed by atoms with Crippen LogP contribution in [-0.4, -0.2) is 17.7 Å². The Morgan fingerprint density at radius 3 is 2.47 bits per heavy atom. The van der Waals surface area contributed by atoms with E-state index in [9.17, 15) is 14.7 Å². The summed E-state index contributed by atoms with van der Waals surface area (Å²) in [5.41, 5.74) is 1.76. The molecule has 6 nitrogen and oxygen atoms in total. The number of phenols is 1. The van der Waals surface area contributed by atoms with Gasteiger partial charge in [0.1, 0.15) is 6.61 Å². The van der Waals surface area contributed by atoms with Crippen LogP contribution in [0.2, 0.25) is 0 Å². The minimum Gasteiger partial charge on any atom is -0.504 e. The van der Waals surface area contributed by atoms with E-state index in [0.717, 1.165) is 18.4 Å². The molecule has 6 heteroatoms. The largest absolute Gasteiger partial charge is 0.504 e. The highest BCUT2D eigenvalue weighted by Crippen LogP contribution is 2.36. The van der Waals surface area contributed by atoms with Crippen LogP contribution in [0.15, 0.2) is 81.0 Å². The summed E-state index contributed by atoms with van der Waals surface area (Å²) in [6.07, 6.45) is 5.81. The first-order valence-electron chi connectivity index (χ1n) is 10.3. The van der Waals surface area contributed by atoms with Crippen LogP contribution in [0.1, 0.15) is 44.0 Å². The van der Waals surface area contributed by atoms with Gasteiger partial charge in [-0.3, -0.25) is 0 Å². The van der Waals surface area contributed by atoms with Gasteiger partial charge >= 0.3 is 11.6 Å². The van der Waals surface area contributed by atoms with Gasteiger partial charge in [0.05, 0.1) is 10.9 Å². The van der Waals surface area contributed by atoms with Gasteiger partial charge in [0, 0.05) is 0 Å². The zero-order chi connectivity index (χ0) is 23.1. The first-order valence-corrected chi connectivity index (χ1v) is 10.3. The maximum atomic E-state index is 12.7. The molecule has 0 aliphatic carbocycles. The first-order chi connectivity index (χ1) is 15.4. The smallest absolute Gasteiger partial charge is 0.383 e. The normalized spacial score (nSPS) is 11.3. The SMILES string of the molecule is CC(C)=CCC/C(C)=C/COc1c(OC(=O)c2ccccc2)c2cccc(O)c2oc1=O. The molecule has 0 aliphatic heterocycles. The van der Waals surface area contributed by atoms with Crippen LogP contribution >= 0.6 is 0 Å². The molecule has 1 N–H and O–H groups in total. The highest BCUT2D eigenvalue weighted by molar-refractivity contribution is 5.96. The summed E-state index contributed by atoms with van der Waals surface area (Å²) in [6.45, 7) is 6.19.